The van der Waals surface area contributed by atoms with Crippen molar-refractivity contribution in [3.05, 3.63) is 29.8 Å². The third kappa shape index (κ3) is 7.03. The highest BCUT2D eigenvalue weighted by Gasteiger charge is 2.29. The van der Waals surface area contributed by atoms with Crippen LogP contribution >= 0.6 is 0 Å². The number of benzene rings is 1. The second kappa shape index (κ2) is 9.94. The van der Waals surface area contributed by atoms with E-state index in [4.69, 9.17) is 0 Å². The van der Waals surface area contributed by atoms with Crippen LogP contribution in [0.5, 0.6) is 0 Å². The van der Waals surface area contributed by atoms with Gasteiger partial charge in [-0.15, -0.1) is 0 Å². The summed E-state index contributed by atoms with van der Waals surface area (Å²) in [5.74, 6) is 0.143. The van der Waals surface area contributed by atoms with Crippen LogP contribution in [0.15, 0.2) is 24.3 Å². The van der Waals surface area contributed by atoms with E-state index in [2.05, 4.69) is 46.2 Å². The van der Waals surface area contributed by atoms with Crippen LogP contribution in [-0.4, -0.2) is 52.9 Å². The first-order valence-electron chi connectivity index (χ1n) is 9.59. The molecule has 2 atom stereocenters. The fraction of sp³-hybridized carbons (Fsp3) is 0.632. The number of sulfonamides is 1. The standard InChI is InChI=1S/C19H32N4O3S/c1-4-23(18-11-6-5-8-15(18)2)13-12-20-19(24)22-17-10-7-9-16(17)14-21-27(3,25)26/h5-6,8,11,16-17,21H,4,7,9-10,12-14H2,1-3H3,(H2,20,22,24). The lowest BCUT2D eigenvalue weighted by Crippen LogP contribution is -2.47. The average molecular weight is 397 g/mol. The van der Waals surface area contributed by atoms with E-state index in [1.54, 1.807) is 0 Å². The molecule has 0 saturated heterocycles. The number of likely N-dealkylation sites (N-methyl/N-ethyl adjacent to an activating group) is 1. The number of hydrogen-bond donors (Lipinski definition) is 3. The van der Waals surface area contributed by atoms with E-state index in [-0.39, 0.29) is 18.0 Å². The Kier molecular flexibility index (Phi) is 7.91. The van der Waals surface area contributed by atoms with Gasteiger partial charge in [0.05, 0.1) is 6.26 Å². The highest BCUT2D eigenvalue weighted by Crippen LogP contribution is 2.25. The van der Waals surface area contributed by atoms with E-state index in [1.807, 2.05) is 12.1 Å². The summed E-state index contributed by atoms with van der Waals surface area (Å²) in [6.45, 7) is 6.72. The van der Waals surface area contributed by atoms with Crippen molar-refractivity contribution in [1.82, 2.24) is 15.4 Å². The molecule has 152 valence electrons. The summed E-state index contributed by atoms with van der Waals surface area (Å²) in [5, 5.41) is 5.93. The Balaban J connectivity index is 1.77. The zero-order valence-corrected chi connectivity index (χ0v) is 17.3. The van der Waals surface area contributed by atoms with Gasteiger partial charge in [0, 0.05) is 37.9 Å². The fourth-order valence-electron chi connectivity index (χ4n) is 3.62. The van der Waals surface area contributed by atoms with Crippen LogP contribution in [0.25, 0.3) is 0 Å². The van der Waals surface area contributed by atoms with E-state index in [1.165, 1.54) is 11.3 Å². The lowest BCUT2D eigenvalue weighted by atomic mass is 10.0. The SMILES string of the molecule is CCN(CCNC(=O)NC1CCCC1CNS(C)(=O)=O)c1ccccc1C. The number of para-hydroxylation sites is 1. The molecule has 1 aromatic rings. The number of urea groups is 1. The molecule has 0 spiro atoms. The van der Waals surface area contributed by atoms with Gasteiger partial charge < -0.3 is 15.5 Å². The summed E-state index contributed by atoms with van der Waals surface area (Å²) in [6, 6.07) is 8.05. The number of rotatable bonds is 9. The second-order valence-electron chi connectivity index (χ2n) is 7.18. The number of carbonyl (C=O) groups is 1. The molecule has 0 bridgehead atoms. The van der Waals surface area contributed by atoms with Gasteiger partial charge in [0.15, 0.2) is 0 Å². The van der Waals surface area contributed by atoms with Crippen molar-refractivity contribution < 1.29 is 13.2 Å². The van der Waals surface area contributed by atoms with Crippen molar-refractivity contribution in [3.8, 4) is 0 Å². The van der Waals surface area contributed by atoms with Gasteiger partial charge in [-0.2, -0.15) is 0 Å². The molecule has 0 radical (unpaired) electrons. The third-order valence-corrected chi connectivity index (χ3v) is 5.78. The van der Waals surface area contributed by atoms with Crippen LogP contribution in [0.3, 0.4) is 0 Å². The van der Waals surface area contributed by atoms with Crippen LogP contribution < -0.4 is 20.3 Å². The van der Waals surface area contributed by atoms with E-state index in [0.29, 0.717) is 13.1 Å². The second-order valence-corrected chi connectivity index (χ2v) is 9.02. The molecule has 0 aromatic heterocycles. The van der Waals surface area contributed by atoms with Gasteiger partial charge in [0.25, 0.3) is 0 Å². The van der Waals surface area contributed by atoms with Crippen LogP contribution in [0.4, 0.5) is 10.5 Å². The highest BCUT2D eigenvalue weighted by atomic mass is 32.2. The Labute approximate surface area is 163 Å². The summed E-state index contributed by atoms with van der Waals surface area (Å²) in [6.07, 6.45) is 3.96. The van der Waals surface area contributed by atoms with Crippen molar-refractivity contribution in [3.63, 3.8) is 0 Å². The normalized spacial score (nSPS) is 19.7. The summed E-state index contributed by atoms with van der Waals surface area (Å²) < 4.78 is 25.1. The van der Waals surface area contributed by atoms with Gasteiger partial charge in [-0.3, -0.25) is 0 Å². The molecule has 1 fully saturated rings. The zero-order valence-electron chi connectivity index (χ0n) is 16.5. The van der Waals surface area contributed by atoms with Crippen LogP contribution in [0, 0.1) is 12.8 Å². The van der Waals surface area contributed by atoms with Gasteiger partial charge in [-0.25, -0.2) is 17.9 Å². The van der Waals surface area contributed by atoms with Crippen molar-refractivity contribution in [2.24, 2.45) is 5.92 Å². The molecule has 7 nitrogen and oxygen atoms in total. The fourth-order valence-corrected chi connectivity index (χ4v) is 4.14. The van der Waals surface area contributed by atoms with Gasteiger partial charge in [0.1, 0.15) is 0 Å². The molecule has 27 heavy (non-hydrogen) atoms. The van der Waals surface area contributed by atoms with Crippen LogP contribution in [0.2, 0.25) is 0 Å². The molecule has 1 saturated carbocycles. The van der Waals surface area contributed by atoms with Gasteiger partial charge >= 0.3 is 6.03 Å². The zero-order chi connectivity index (χ0) is 19.9. The van der Waals surface area contributed by atoms with Crippen LogP contribution in [0.1, 0.15) is 31.7 Å². The van der Waals surface area contributed by atoms with Crippen molar-refractivity contribution in [1.29, 1.82) is 0 Å². The lowest BCUT2D eigenvalue weighted by molar-refractivity contribution is 0.233. The number of nitrogens with zero attached hydrogens (tertiary/aromatic N) is 1. The monoisotopic (exact) mass is 396 g/mol. The number of amides is 2. The summed E-state index contributed by atoms with van der Waals surface area (Å²) >= 11 is 0. The largest absolute Gasteiger partial charge is 0.370 e. The smallest absolute Gasteiger partial charge is 0.315 e. The lowest BCUT2D eigenvalue weighted by Gasteiger charge is -2.25. The molecule has 8 heteroatoms. The molecule has 0 heterocycles. The van der Waals surface area contributed by atoms with E-state index < -0.39 is 10.0 Å². The first-order valence-corrected chi connectivity index (χ1v) is 11.5. The quantitative estimate of drug-likeness (QED) is 0.594. The predicted molar refractivity (Wildman–Crippen MR) is 110 cm³/mol. The minimum absolute atomic E-state index is 0.0119. The number of anilines is 1. The number of carbonyl (C=O) groups excluding carboxylic acids is 1. The Hall–Kier alpha value is -1.80. The molecule has 1 aliphatic rings. The molecule has 3 N–H and O–H groups in total. The molecule has 0 aliphatic heterocycles. The maximum atomic E-state index is 12.2. The van der Waals surface area contributed by atoms with Crippen molar-refractivity contribution in [2.45, 2.75) is 39.2 Å². The van der Waals surface area contributed by atoms with Gasteiger partial charge in [0.2, 0.25) is 10.0 Å². The van der Waals surface area contributed by atoms with E-state index >= 15 is 0 Å². The molecular formula is C19H32N4O3S. The first-order chi connectivity index (χ1) is 12.8. The number of hydrogen-bond acceptors (Lipinski definition) is 4. The Morgan fingerprint density at radius 1 is 1.26 bits per heavy atom. The number of aryl methyl sites for hydroxylation is 1. The first kappa shape index (κ1) is 21.5. The Morgan fingerprint density at radius 2 is 2.00 bits per heavy atom. The highest BCUT2D eigenvalue weighted by molar-refractivity contribution is 7.88. The minimum Gasteiger partial charge on any atom is -0.370 e. The van der Waals surface area contributed by atoms with E-state index in [9.17, 15) is 13.2 Å². The van der Waals surface area contributed by atoms with Crippen molar-refractivity contribution >= 4 is 21.7 Å². The Bertz CT molecular complexity index is 723. The molecule has 2 amide bonds. The van der Waals surface area contributed by atoms with E-state index in [0.717, 1.165) is 38.6 Å². The maximum Gasteiger partial charge on any atom is 0.315 e. The molecule has 1 aliphatic carbocycles. The minimum atomic E-state index is -3.20. The van der Waals surface area contributed by atoms with Crippen molar-refractivity contribution in [2.75, 3.05) is 37.3 Å². The summed E-state index contributed by atoms with van der Waals surface area (Å²) in [5.41, 5.74) is 2.40. The molecular weight excluding hydrogens is 364 g/mol. The topological polar surface area (TPSA) is 90.5 Å². The van der Waals surface area contributed by atoms with Crippen LogP contribution in [-0.2, 0) is 10.0 Å². The third-order valence-electron chi connectivity index (χ3n) is 5.09. The Morgan fingerprint density at radius 3 is 2.67 bits per heavy atom. The number of nitrogens with one attached hydrogen (secondary N) is 3. The van der Waals surface area contributed by atoms with Gasteiger partial charge in [-0.05, 0) is 44.2 Å². The summed E-state index contributed by atoms with van der Waals surface area (Å²) in [4.78, 5) is 14.5. The predicted octanol–water partition coefficient (Wildman–Crippen LogP) is 1.84. The molecule has 2 rings (SSSR count). The molecule has 2 unspecified atom stereocenters. The summed E-state index contributed by atoms with van der Waals surface area (Å²) in [7, 11) is -3.20. The van der Waals surface area contributed by atoms with Gasteiger partial charge in [-0.1, -0.05) is 24.6 Å². The average Bonchev–Trinajstić information content (AvgIpc) is 3.04. The maximum absolute atomic E-state index is 12.2. The molecule has 1 aromatic carbocycles.